The average Bonchev–Trinajstić information content (AvgIpc) is 2.69. The highest BCUT2D eigenvalue weighted by molar-refractivity contribution is 5.83. The van der Waals surface area contributed by atoms with E-state index in [1.807, 2.05) is 12.1 Å². The van der Waals surface area contributed by atoms with E-state index in [9.17, 15) is 4.79 Å². The zero-order valence-electron chi connectivity index (χ0n) is 9.17. The first kappa shape index (κ1) is 9.51. The molecule has 1 aromatic carbocycles. The Hall–Kier alpha value is -1.71. The molecule has 0 amide bonds. The number of nitrogens with one attached hydrogen (secondary N) is 2. The van der Waals surface area contributed by atoms with Gasteiger partial charge >= 0.3 is 5.69 Å². The van der Waals surface area contributed by atoms with Gasteiger partial charge in [0.2, 0.25) is 0 Å². The lowest BCUT2D eigenvalue weighted by Crippen LogP contribution is -2.21. The predicted molar refractivity (Wildman–Crippen MR) is 61.9 cm³/mol. The van der Waals surface area contributed by atoms with Crippen molar-refractivity contribution in [2.45, 2.75) is 32.3 Å². The van der Waals surface area contributed by atoms with Crippen molar-refractivity contribution >= 4 is 11.0 Å². The fraction of sp³-hybridized carbons (Fsp3) is 0.417. The SMILES string of the molecule is CCC1CCc2ccc3[nH]c(=O)[nH]c3c2O1. The van der Waals surface area contributed by atoms with Gasteiger partial charge in [0.05, 0.1) is 11.6 Å². The molecular weight excluding hydrogens is 204 g/mol. The van der Waals surface area contributed by atoms with Gasteiger partial charge in [-0.05, 0) is 30.9 Å². The highest BCUT2D eigenvalue weighted by atomic mass is 16.5. The maximum atomic E-state index is 11.3. The number of fused-ring (bicyclic) bond motifs is 3. The number of imidazole rings is 1. The lowest BCUT2D eigenvalue weighted by Gasteiger charge is -2.25. The lowest BCUT2D eigenvalue weighted by atomic mass is 10.0. The highest BCUT2D eigenvalue weighted by Crippen LogP contribution is 2.33. The fourth-order valence-corrected chi connectivity index (χ4v) is 2.28. The molecule has 84 valence electrons. The number of hydrogen-bond acceptors (Lipinski definition) is 2. The molecule has 2 aromatic rings. The molecule has 1 aromatic heterocycles. The molecule has 0 aliphatic carbocycles. The van der Waals surface area contributed by atoms with Crippen LogP contribution in [0.4, 0.5) is 0 Å². The molecule has 0 spiro atoms. The molecule has 4 heteroatoms. The van der Waals surface area contributed by atoms with E-state index in [4.69, 9.17) is 4.74 Å². The van der Waals surface area contributed by atoms with Crippen molar-refractivity contribution in [3.8, 4) is 5.75 Å². The molecule has 0 bridgehead atoms. The van der Waals surface area contributed by atoms with Crippen LogP contribution < -0.4 is 10.4 Å². The third kappa shape index (κ3) is 1.33. The lowest BCUT2D eigenvalue weighted by molar-refractivity contribution is 0.172. The molecule has 1 aliphatic rings. The Morgan fingerprint density at radius 2 is 2.31 bits per heavy atom. The quantitative estimate of drug-likeness (QED) is 0.768. The molecule has 1 aliphatic heterocycles. The van der Waals surface area contributed by atoms with Crippen LogP contribution in [-0.2, 0) is 6.42 Å². The Labute approximate surface area is 92.6 Å². The molecule has 1 unspecified atom stereocenters. The van der Waals surface area contributed by atoms with Crippen molar-refractivity contribution in [1.29, 1.82) is 0 Å². The second-order valence-corrected chi connectivity index (χ2v) is 4.24. The minimum Gasteiger partial charge on any atom is -0.488 e. The van der Waals surface area contributed by atoms with Gasteiger partial charge in [0.1, 0.15) is 11.3 Å². The second kappa shape index (κ2) is 3.40. The van der Waals surface area contributed by atoms with Crippen LogP contribution in [-0.4, -0.2) is 16.1 Å². The molecule has 1 atom stereocenters. The molecule has 3 rings (SSSR count). The van der Waals surface area contributed by atoms with Gasteiger partial charge in [0.15, 0.2) is 0 Å². The van der Waals surface area contributed by atoms with E-state index in [1.165, 1.54) is 5.56 Å². The molecule has 2 heterocycles. The Balaban J connectivity index is 2.20. The highest BCUT2D eigenvalue weighted by Gasteiger charge is 2.21. The number of rotatable bonds is 1. The van der Waals surface area contributed by atoms with Crippen LogP contribution in [0.5, 0.6) is 5.75 Å². The number of hydrogen-bond donors (Lipinski definition) is 2. The summed E-state index contributed by atoms with van der Waals surface area (Å²) in [6, 6.07) is 3.97. The first-order valence-electron chi connectivity index (χ1n) is 5.68. The number of aromatic amines is 2. The Kier molecular flexibility index (Phi) is 2.02. The number of ether oxygens (including phenoxy) is 1. The topological polar surface area (TPSA) is 57.9 Å². The van der Waals surface area contributed by atoms with E-state index in [0.717, 1.165) is 36.0 Å². The normalized spacial score (nSPS) is 19.4. The Morgan fingerprint density at radius 3 is 3.12 bits per heavy atom. The summed E-state index contributed by atoms with van der Waals surface area (Å²) in [7, 11) is 0. The van der Waals surface area contributed by atoms with Crippen molar-refractivity contribution in [2.75, 3.05) is 0 Å². The van der Waals surface area contributed by atoms with E-state index in [2.05, 4.69) is 16.9 Å². The average molecular weight is 218 g/mol. The van der Waals surface area contributed by atoms with Gasteiger partial charge in [0.25, 0.3) is 0 Å². The van der Waals surface area contributed by atoms with E-state index in [1.54, 1.807) is 0 Å². The van der Waals surface area contributed by atoms with Crippen LogP contribution in [0.15, 0.2) is 16.9 Å². The van der Waals surface area contributed by atoms with E-state index < -0.39 is 0 Å². The maximum absolute atomic E-state index is 11.3. The summed E-state index contributed by atoms with van der Waals surface area (Å²) >= 11 is 0. The van der Waals surface area contributed by atoms with Gasteiger partial charge in [-0.3, -0.25) is 0 Å². The van der Waals surface area contributed by atoms with Crippen molar-refractivity contribution in [2.24, 2.45) is 0 Å². The summed E-state index contributed by atoms with van der Waals surface area (Å²) in [6.45, 7) is 2.12. The third-order valence-electron chi connectivity index (χ3n) is 3.20. The van der Waals surface area contributed by atoms with Crippen molar-refractivity contribution in [3.05, 3.63) is 28.2 Å². The van der Waals surface area contributed by atoms with Crippen LogP contribution in [0, 0.1) is 0 Å². The molecule has 4 nitrogen and oxygen atoms in total. The van der Waals surface area contributed by atoms with Crippen LogP contribution >= 0.6 is 0 Å². The van der Waals surface area contributed by atoms with Gasteiger partial charge in [-0.1, -0.05) is 13.0 Å². The first-order valence-corrected chi connectivity index (χ1v) is 5.68. The summed E-state index contributed by atoms with van der Waals surface area (Å²) in [5, 5.41) is 0. The number of H-pyrrole nitrogens is 2. The first-order chi connectivity index (χ1) is 7.78. The molecule has 16 heavy (non-hydrogen) atoms. The smallest absolute Gasteiger partial charge is 0.323 e. The van der Waals surface area contributed by atoms with Gasteiger partial charge in [-0.15, -0.1) is 0 Å². The van der Waals surface area contributed by atoms with Gasteiger partial charge < -0.3 is 14.7 Å². The maximum Gasteiger partial charge on any atom is 0.323 e. The second-order valence-electron chi connectivity index (χ2n) is 4.24. The molecule has 0 saturated heterocycles. The van der Waals surface area contributed by atoms with E-state index in [-0.39, 0.29) is 11.8 Å². The largest absolute Gasteiger partial charge is 0.488 e. The fourth-order valence-electron chi connectivity index (χ4n) is 2.28. The van der Waals surface area contributed by atoms with Crippen LogP contribution in [0.25, 0.3) is 11.0 Å². The Morgan fingerprint density at radius 1 is 1.44 bits per heavy atom. The monoisotopic (exact) mass is 218 g/mol. The van der Waals surface area contributed by atoms with Crippen molar-refractivity contribution in [1.82, 2.24) is 9.97 Å². The molecule has 0 saturated carbocycles. The van der Waals surface area contributed by atoms with E-state index in [0.29, 0.717) is 0 Å². The molecule has 0 radical (unpaired) electrons. The third-order valence-corrected chi connectivity index (χ3v) is 3.20. The van der Waals surface area contributed by atoms with Crippen LogP contribution in [0.1, 0.15) is 25.3 Å². The number of benzene rings is 1. The van der Waals surface area contributed by atoms with Crippen molar-refractivity contribution < 1.29 is 4.74 Å². The summed E-state index contributed by atoms with van der Waals surface area (Å²) in [4.78, 5) is 16.8. The van der Waals surface area contributed by atoms with Gasteiger partial charge in [-0.2, -0.15) is 0 Å². The summed E-state index contributed by atoms with van der Waals surface area (Å²) in [5.41, 5.74) is 2.64. The summed E-state index contributed by atoms with van der Waals surface area (Å²) in [5.74, 6) is 0.856. The minimum atomic E-state index is -0.175. The van der Waals surface area contributed by atoms with Crippen molar-refractivity contribution in [3.63, 3.8) is 0 Å². The standard InChI is InChI=1S/C12H14N2O2/c1-2-8-5-3-7-4-6-9-10(11(7)16-8)14-12(15)13-9/h4,6,8H,2-3,5H2,1H3,(H2,13,14,15). The van der Waals surface area contributed by atoms with Crippen LogP contribution in [0.3, 0.4) is 0 Å². The van der Waals surface area contributed by atoms with Gasteiger partial charge in [-0.25, -0.2) is 4.79 Å². The molecule has 0 fully saturated rings. The van der Waals surface area contributed by atoms with Gasteiger partial charge in [0, 0.05) is 0 Å². The number of aromatic nitrogens is 2. The number of aryl methyl sites for hydroxylation is 1. The van der Waals surface area contributed by atoms with E-state index >= 15 is 0 Å². The zero-order valence-corrected chi connectivity index (χ0v) is 9.17. The van der Waals surface area contributed by atoms with Crippen LogP contribution in [0.2, 0.25) is 0 Å². The Bertz CT molecular complexity index is 582. The minimum absolute atomic E-state index is 0.175. The molecule has 2 N–H and O–H groups in total. The summed E-state index contributed by atoms with van der Waals surface area (Å²) in [6.07, 6.45) is 3.36. The predicted octanol–water partition coefficient (Wildman–Crippen LogP) is 1.96. The molecular formula is C12H14N2O2. The zero-order chi connectivity index (χ0) is 11.1. The summed E-state index contributed by atoms with van der Waals surface area (Å²) < 4.78 is 5.92.